The number of aromatic nitrogens is 2. The fourth-order valence-electron chi connectivity index (χ4n) is 2.64. The Kier molecular flexibility index (Phi) is 5.13. The zero-order chi connectivity index (χ0) is 15.2. The lowest BCUT2D eigenvalue weighted by molar-refractivity contribution is -0.392. The second kappa shape index (κ2) is 7.05. The van der Waals surface area contributed by atoms with E-state index in [-0.39, 0.29) is 17.9 Å². The Bertz CT molecular complexity index is 508. The minimum Gasteiger partial charge on any atom is -0.358 e. The summed E-state index contributed by atoms with van der Waals surface area (Å²) in [6, 6.07) is 0.0467. The highest BCUT2D eigenvalue weighted by Crippen LogP contribution is 2.17. The van der Waals surface area contributed by atoms with Crippen molar-refractivity contribution in [2.24, 2.45) is 0 Å². The van der Waals surface area contributed by atoms with Crippen LogP contribution < -0.4 is 10.6 Å². The number of imidazole rings is 1. The molecule has 1 aliphatic carbocycles. The van der Waals surface area contributed by atoms with Gasteiger partial charge in [-0.05, 0) is 17.8 Å². The quantitative estimate of drug-likeness (QED) is 0.638. The lowest BCUT2D eigenvalue weighted by atomic mass is 9.96. The second-order valence-corrected chi connectivity index (χ2v) is 5.31. The molecule has 0 aliphatic heterocycles. The van der Waals surface area contributed by atoms with Crippen LogP contribution in [0.4, 0.5) is 10.6 Å². The summed E-state index contributed by atoms with van der Waals surface area (Å²) in [5.41, 5.74) is 0. The first kappa shape index (κ1) is 15.3. The van der Waals surface area contributed by atoms with Gasteiger partial charge in [-0.15, -0.1) is 0 Å². The Morgan fingerprint density at radius 1 is 1.48 bits per heavy atom. The van der Waals surface area contributed by atoms with Gasteiger partial charge in [0.05, 0.1) is 6.54 Å². The number of carbonyl (C=O) groups excluding carboxylic acids is 1. The first-order chi connectivity index (χ1) is 10.1. The largest absolute Gasteiger partial charge is 0.358 e. The molecule has 0 spiro atoms. The standard InChI is InChI=1S/C13H21N5O3/c1-10-15-9-12(18(20)21)17(10)8-7-14-13(19)16-11-5-3-2-4-6-11/h9,11H,2-8H2,1H3,(H2,14,16,19). The summed E-state index contributed by atoms with van der Waals surface area (Å²) in [5, 5.41) is 16.5. The van der Waals surface area contributed by atoms with Crippen molar-refractivity contribution in [3.8, 4) is 0 Å². The summed E-state index contributed by atoms with van der Waals surface area (Å²) < 4.78 is 1.49. The monoisotopic (exact) mass is 295 g/mol. The summed E-state index contributed by atoms with van der Waals surface area (Å²) in [6.45, 7) is 2.37. The molecule has 1 heterocycles. The maximum Gasteiger partial charge on any atom is 0.342 e. The molecule has 0 aromatic carbocycles. The smallest absolute Gasteiger partial charge is 0.342 e. The van der Waals surface area contributed by atoms with Gasteiger partial charge in [0.1, 0.15) is 12.7 Å². The predicted molar refractivity (Wildman–Crippen MR) is 77.0 cm³/mol. The van der Waals surface area contributed by atoms with Crippen LogP contribution in [0.3, 0.4) is 0 Å². The van der Waals surface area contributed by atoms with Gasteiger partial charge in [-0.1, -0.05) is 19.3 Å². The molecular formula is C13H21N5O3. The van der Waals surface area contributed by atoms with Gasteiger partial charge in [0.15, 0.2) is 5.82 Å². The molecule has 0 radical (unpaired) electrons. The molecule has 2 rings (SSSR count). The maximum absolute atomic E-state index is 11.8. The normalized spacial score (nSPS) is 15.7. The van der Waals surface area contributed by atoms with Crippen LogP contribution in [-0.2, 0) is 6.54 Å². The van der Waals surface area contributed by atoms with Crippen molar-refractivity contribution >= 4 is 11.8 Å². The van der Waals surface area contributed by atoms with E-state index in [0.29, 0.717) is 18.9 Å². The number of nitro groups is 1. The fourth-order valence-corrected chi connectivity index (χ4v) is 2.64. The average molecular weight is 295 g/mol. The third-order valence-electron chi connectivity index (χ3n) is 3.78. The number of urea groups is 1. The van der Waals surface area contributed by atoms with Crippen LogP contribution in [0.2, 0.25) is 0 Å². The van der Waals surface area contributed by atoms with E-state index in [0.717, 1.165) is 25.7 Å². The predicted octanol–water partition coefficient (Wildman–Crippen LogP) is 1.73. The molecule has 116 valence electrons. The van der Waals surface area contributed by atoms with Crippen LogP contribution in [-0.4, -0.2) is 33.1 Å². The van der Waals surface area contributed by atoms with Crippen LogP contribution >= 0.6 is 0 Å². The third-order valence-corrected chi connectivity index (χ3v) is 3.78. The molecule has 1 saturated carbocycles. The van der Waals surface area contributed by atoms with Crippen molar-refractivity contribution in [3.05, 3.63) is 22.1 Å². The van der Waals surface area contributed by atoms with Crippen molar-refractivity contribution in [3.63, 3.8) is 0 Å². The number of hydrogen-bond acceptors (Lipinski definition) is 4. The van der Waals surface area contributed by atoms with Crippen molar-refractivity contribution in [2.75, 3.05) is 6.54 Å². The molecular weight excluding hydrogens is 274 g/mol. The van der Waals surface area contributed by atoms with Crippen LogP contribution in [0.25, 0.3) is 0 Å². The van der Waals surface area contributed by atoms with Crippen LogP contribution in [0.5, 0.6) is 0 Å². The summed E-state index contributed by atoms with van der Waals surface area (Å²) in [4.78, 5) is 26.1. The molecule has 0 bridgehead atoms. The number of aryl methyl sites for hydroxylation is 1. The Morgan fingerprint density at radius 2 is 2.19 bits per heavy atom. The van der Waals surface area contributed by atoms with Gasteiger partial charge in [-0.25, -0.2) is 14.3 Å². The SMILES string of the molecule is Cc1ncc([N+](=O)[O-])n1CCNC(=O)NC1CCCCC1. The summed E-state index contributed by atoms with van der Waals surface area (Å²) in [5.74, 6) is 0.512. The topological polar surface area (TPSA) is 102 Å². The van der Waals surface area contributed by atoms with Crippen LogP contribution in [0.15, 0.2) is 6.20 Å². The molecule has 21 heavy (non-hydrogen) atoms. The maximum atomic E-state index is 11.8. The Labute approximate surface area is 123 Å². The Morgan fingerprint density at radius 3 is 2.86 bits per heavy atom. The molecule has 2 amide bonds. The third kappa shape index (κ3) is 4.17. The minimum atomic E-state index is -0.470. The molecule has 8 nitrogen and oxygen atoms in total. The molecule has 8 heteroatoms. The van der Waals surface area contributed by atoms with E-state index >= 15 is 0 Å². The van der Waals surface area contributed by atoms with E-state index < -0.39 is 4.92 Å². The van der Waals surface area contributed by atoms with E-state index in [9.17, 15) is 14.9 Å². The van der Waals surface area contributed by atoms with Gasteiger partial charge in [0, 0.05) is 13.0 Å². The molecule has 0 atom stereocenters. The summed E-state index contributed by atoms with van der Waals surface area (Å²) in [7, 11) is 0. The van der Waals surface area contributed by atoms with Gasteiger partial charge in [-0.2, -0.15) is 0 Å². The zero-order valence-electron chi connectivity index (χ0n) is 12.2. The number of amides is 2. The molecule has 1 fully saturated rings. The first-order valence-electron chi connectivity index (χ1n) is 7.29. The number of hydrogen-bond donors (Lipinski definition) is 2. The van der Waals surface area contributed by atoms with Crippen LogP contribution in [0.1, 0.15) is 37.9 Å². The number of carbonyl (C=O) groups is 1. The first-order valence-corrected chi connectivity index (χ1v) is 7.29. The van der Waals surface area contributed by atoms with Gasteiger partial charge >= 0.3 is 11.8 Å². The van der Waals surface area contributed by atoms with Crippen molar-refractivity contribution in [2.45, 2.75) is 51.6 Å². The van der Waals surface area contributed by atoms with E-state index in [1.54, 1.807) is 6.92 Å². The minimum absolute atomic E-state index is 0.0537. The molecule has 0 saturated heterocycles. The van der Waals surface area contributed by atoms with Gasteiger partial charge < -0.3 is 20.7 Å². The van der Waals surface area contributed by atoms with E-state index in [1.807, 2.05) is 0 Å². The number of nitrogens with zero attached hydrogens (tertiary/aromatic N) is 3. The lowest BCUT2D eigenvalue weighted by Crippen LogP contribution is -2.43. The highest BCUT2D eigenvalue weighted by Gasteiger charge is 2.18. The molecule has 1 aromatic heterocycles. The summed E-state index contributed by atoms with van der Waals surface area (Å²) >= 11 is 0. The van der Waals surface area contributed by atoms with Gasteiger partial charge in [0.25, 0.3) is 0 Å². The van der Waals surface area contributed by atoms with E-state index in [2.05, 4.69) is 15.6 Å². The molecule has 2 N–H and O–H groups in total. The van der Waals surface area contributed by atoms with Gasteiger partial charge in [-0.3, -0.25) is 0 Å². The Hall–Kier alpha value is -2.12. The highest BCUT2D eigenvalue weighted by molar-refractivity contribution is 5.74. The zero-order valence-corrected chi connectivity index (χ0v) is 12.2. The van der Waals surface area contributed by atoms with Crippen LogP contribution in [0, 0.1) is 17.0 Å². The van der Waals surface area contributed by atoms with Crippen molar-refractivity contribution in [1.29, 1.82) is 0 Å². The lowest BCUT2D eigenvalue weighted by Gasteiger charge is -2.22. The fraction of sp³-hybridized carbons (Fsp3) is 0.692. The highest BCUT2D eigenvalue weighted by atomic mass is 16.6. The summed E-state index contributed by atoms with van der Waals surface area (Å²) in [6.07, 6.45) is 6.84. The Balaban J connectivity index is 1.77. The number of rotatable bonds is 5. The van der Waals surface area contributed by atoms with Crippen molar-refractivity contribution in [1.82, 2.24) is 20.2 Å². The van der Waals surface area contributed by atoms with Crippen molar-refractivity contribution < 1.29 is 9.72 Å². The second-order valence-electron chi connectivity index (χ2n) is 5.31. The average Bonchev–Trinajstić information content (AvgIpc) is 2.81. The molecule has 1 aromatic rings. The van der Waals surface area contributed by atoms with E-state index in [4.69, 9.17) is 0 Å². The van der Waals surface area contributed by atoms with Gasteiger partial charge in [0.2, 0.25) is 0 Å². The molecule has 1 aliphatic rings. The molecule has 0 unspecified atom stereocenters. The number of nitrogens with one attached hydrogen (secondary N) is 2. The van der Waals surface area contributed by atoms with E-state index in [1.165, 1.54) is 17.2 Å².